The molecule has 0 aliphatic heterocycles. The summed E-state index contributed by atoms with van der Waals surface area (Å²) in [7, 11) is 1.62. The summed E-state index contributed by atoms with van der Waals surface area (Å²) in [5.74, 6) is 0.603. The fourth-order valence-electron chi connectivity index (χ4n) is 2.73. The van der Waals surface area contributed by atoms with Crippen molar-refractivity contribution in [1.29, 1.82) is 0 Å². The predicted octanol–water partition coefficient (Wildman–Crippen LogP) is 3.79. The Labute approximate surface area is 120 Å². The van der Waals surface area contributed by atoms with Crippen molar-refractivity contribution >= 4 is 17.3 Å². The van der Waals surface area contributed by atoms with Crippen molar-refractivity contribution in [1.82, 2.24) is 0 Å². The molecule has 110 valence electrons. The smallest absolute Gasteiger partial charge is 0.221 e. The number of carbonyl (C=O) groups excluding carboxylic acids is 1. The second-order valence-corrected chi connectivity index (χ2v) is 5.43. The van der Waals surface area contributed by atoms with Crippen LogP contribution in [0.5, 0.6) is 5.75 Å². The van der Waals surface area contributed by atoms with Gasteiger partial charge in [-0.05, 0) is 25.0 Å². The zero-order valence-electron chi connectivity index (χ0n) is 12.4. The molecule has 0 radical (unpaired) electrons. The van der Waals surface area contributed by atoms with E-state index in [0.717, 1.165) is 5.69 Å². The van der Waals surface area contributed by atoms with Crippen LogP contribution in [0.3, 0.4) is 0 Å². The van der Waals surface area contributed by atoms with Gasteiger partial charge in [0.2, 0.25) is 5.91 Å². The van der Waals surface area contributed by atoms with E-state index < -0.39 is 0 Å². The molecule has 0 atom stereocenters. The standard InChI is InChI=1S/C16H24N2O2/c1-12(19)17-15-10-9-14(11-16(15)20-2)18-13-7-5-3-4-6-8-13/h9-11,13,18H,3-8H2,1-2H3,(H,17,19). The summed E-state index contributed by atoms with van der Waals surface area (Å²) in [5.41, 5.74) is 1.77. The van der Waals surface area contributed by atoms with E-state index in [9.17, 15) is 4.79 Å². The average Bonchev–Trinajstić information content (AvgIpc) is 2.68. The van der Waals surface area contributed by atoms with Crippen molar-refractivity contribution in [3.63, 3.8) is 0 Å². The first-order chi connectivity index (χ1) is 9.69. The third-order valence-electron chi connectivity index (χ3n) is 3.74. The number of hydrogen-bond acceptors (Lipinski definition) is 3. The third-order valence-corrected chi connectivity index (χ3v) is 3.74. The lowest BCUT2D eigenvalue weighted by Gasteiger charge is -2.19. The molecule has 2 N–H and O–H groups in total. The molecular formula is C16H24N2O2. The van der Waals surface area contributed by atoms with Crippen LogP contribution in [0.4, 0.5) is 11.4 Å². The molecule has 0 spiro atoms. The van der Waals surface area contributed by atoms with Gasteiger partial charge in [0.05, 0.1) is 12.8 Å². The number of benzene rings is 1. The zero-order valence-corrected chi connectivity index (χ0v) is 12.4. The van der Waals surface area contributed by atoms with Gasteiger partial charge in [0, 0.05) is 24.7 Å². The molecule has 20 heavy (non-hydrogen) atoms. The number of amides is 1. The Bertz CT molecular complexity index is 452. The molecule has 1 saturated carbocycles. The highest BCUT2D eigenvalue weighted by molar-refractivity contribution is 5.90. The Morgan fingerprint density at radius 1 is 1.20 bits per heavy atom. The summed E-state index contributed by atoms with van der Waals surface area (Å²) >= 11 is 0. The van der Waals surface area contributed by atoms with E-state index in [-0.39, 0.29) is 5.91 Å². The lowest BCUT2D eigenvalue weighted by atomic mass is 10.1. The van der Waals surface area contributed by atoms with E-state index in [1.807, 2.05) is 18.2 Å². The third kappa shape index (κ3) is 4.15. The number of hydrogen-bond donors (Lipinski definition) is 2. The molecular weight excluding hydrogens is 252 g/mol. The first-order valence-electron chi connectivity index (χ1n) is 7.41. The summed E-state index contributed by atoms with van der Waals surface area (Å²) < 4.78 is 5.35. The fourth-order valence-corrected chi connectivity index (χ4v) is 2.73. The molecule has 0 saturated heterocycles. The summed E-state index contributed by atoms with van der Waals surface area (Å²) in [6, 6.07) is 6.39. The average molecular weight is 276 g/mol. The van der Waals surface area contributed by atoms with Crippen LogP contribution in [0, 0.1) is 0 Å². The van der Waals surface area contributed by atoms with Crippen molar-refractivity contribution < 1.29 is 9.53 Å². The van der Waals surface area contributed by atoms with E-state index in [0.29, 0.717) is 17.5 Å². The molecule has 1 aliphatic carbocycles. The molecule has 0 bridgehead atoms. The molecule has 0 heterocycles. The molecule has 1 aliphatic rings. The fraction of sp³-hybridized carbons (Fsp3) is 0.562. The van der Waals surface area contributed by atoms with Crippen LogP contribution in [-0.2, 0) is 4.79 Å². The second kappa shape index (κ2) is 7.17. The van der Waals surface area contributed by atoms with Gasteiger partial charge < -0.3 is 15.4 Å². The molecule has 4 nitrogen and oxygen atoms in total. The van der Waals surface area contributed by atoms with E-state index in [4.69, 9.17) is 4.74 Å². The summed E-state index contributed by atoms with van der Waals surface area (Å²) in [6.07, 6.45) is 7.77. The molecule has 1 aromatic rings. The molecule has 4 heteroatoms. The van der Waals surface area contributed by atoms with E-state index >= 15 is 0 Å². The maximum Gasteiger partial charge on any atom is 0.221 e. The minimum atomic E-state index is -0.0900. The van der Waals surface area contributed by atoms with Crippen LogP contribution in [0.2, 0.25) is 0 Å². The van der Waals surface area contributed by atoms with Crippen LogP contribution < -0.4 is 15.4 Å². The number of nitrogens with one attached hydrogen (secondary N) is 2. The van der Waals surface area contributed by atoms with Gasteiger partial charge >= 0.3 is 0 Å². The molecule has 0 unspecified atom stereocenters. The maximum atomic E-state index is 11.1. The van der Waals surface area contributed by atoms with E-state index in [1.54, 1.807) is 7.11 Å². The Morgan fingerprint density at radius 2 is 1.90 bits per heavy atom. The van der Waals surface area contributed by atoms with Crippen LogP contribution >= 0.6 is 0 Å². The largest absolute Gasteiger partial charge is 0.494 e. The summed E-state index contributed by atoms with van der Waals surface area (Å²) in [6.45, 7) is 1.50. The quantitative estimate of drug-likeness (QED) is 0.823. The van der Waals surface area contributed by atoms with Gasteiger partial charge in [-0.25, -0.2) is 0 Å². The Morgan fingerprint density at radius 3 is 2.50 bits per heavy atom. The van der Waals surface area contributed by atoms with Gasteiger partial charge in [-0.1, -0.05) is 25.7 Å². The topological polar surface area (TPSA) is 50.4 Å². The number of anilines is 2. The Kier molecular flexibility index (Phi) is 5.27. The number of ether oxygens (including phenoxy) is 1. The number of carbonyl (C=O) groups is 1. The summed E-state index contributed by atoms with van der Waals surface area (Å²) in [4.78, 5) is 11.1. The Hall–Kier alpha value is -1.71. The predicted molar refractivity (Wildman–Crippen MR) is 82.4 cm³/mol. The van der Waals surface area contributed by atoms with E-state index in [2.05, 4.69) is 10.6 Å². The Balaban J connectivity index is 2.06. The van der Waals surface area contributed by atoms with Crippen LogP contribution in [0.25, 0.3) is 0 Å². The monoisotopic (exact) mass is 276 g/mol. The second-order valence-electron chi connectivity index (χ2n) is 5.43. The molecule has 1 aromatic carbocycles. The molecule has 1 fully saturated rings. The number of methoxy groups -OCH3 is 1. The van der Waals surface area contributed by atoms with E-state index in [1.165, 1.54) is 45.4 Å². The normalized spacial score (nSPS) is 16.3. The van der Waals surface area contributed by atoms with Gasteiger partial charge in [0.25, 0.3) is 0 Å². The van der Waals surface area contributed by atoms with Crippen molar-refractivity contribution in [3.8, 4) is 5.75 Å². The van der Waals surface area contributed by atoms with Crippen LogP contribution in [-0.4, -0.2) is 19.1 Å². The molecule has 1 amide bonds. The zero-order chi connectivity index (χ0) is 14.4. The number of rotatable bonds is 4. The van der Waals surface area contributed by atoms with Gasteiger partial charge in [0.15, 0.2) is 0 Å². The first kappa shape index (κ1) is 14.7. The highest BCUT2D eigenvalue weighted by atomic mass is 16.5. The highest BCUT2D eigenvalue weighted by Gasteiger charge is 2.13. The van der Waals surface area contributed by atoms with Gasteiger partial charge in [-0.15, -0.1) is 0 Å². The lowest BCUT2D eigenvalue weighted by Crippen LogP contribution is -2.18. The minimum Gasteiger partial charge on any atom is -0.494 e. The SMILES string of the molecule is COc1cc(NC2CCCCCC2)ccc1NC(C)=O. The lowest BCUT2D eigenvalue weighted by molar-refractivity contribution is -0.114. The molecule has 2 rings (SSSR count). The van der Waals surface area contributed by atoms with Crippen molar-refractivity contribution in [2.75, 3.05) is 17.7 Å². The maximum absolute atomic E-state index is 11.1. The highest BCUT2D eigenvalue weighted by Crippen LogP contribution is 2.29. The van der Waals surface area contributed by atoms with Crippen molar-refractivity contribution in [3.05, 3.63) is 18.2 Å². The van der Waals surface area contributed by atoms with Crippen molar-refractivity contribution in [2.45, 2.75) is 51.5 Å². The van der Waals surface area contributed by atoms with Crippen LogP contribution in [0.1, 0.15) is 45.4 Å². The van der Waals surface area contributed by atoms with Gasteiger partial charge in [-0.2, -0.15) is 0 Å². The van der Waals surface area contributed by atoms with Crippen LogP contribution in [0.15, 0.2) is 18.2 Å². The first-order valence-corrected chi connectivity index (χ1v) is 7.41. The van der Waals surface area contributed by atoms with Gasteiger partial charge in [-0.3, -0.25) is 4.79 Å². The molecule has 0 aromatic heterocycles. The van der Waals surface area contributed by atoms with Gasteiger partial charge in [0.1, 0.15) is 5.75 Å². The van der Waals surface area contributed by atoms with Crippen molar-refractivity contribution in [2.24, 2.45) is 0 Å². The minimum absolute atomic E-state index is 0.0900. The summed E-state index contributed by atoms with van der Waals surface area (Å²) in [5, 5.41) is 6.36.